The molecule has 0 saturated carbocycles. The molecule has 3 heterocycles. The number of pyridine rings is 1. The molecule has 0 unspecified atom stereocenters. The number of rotatable bonds is 1. The molecule has 0 N–H and O–H groups in total. The molecule has 2 nitrogen and oxygen atoms in total. The molecule has 0 saturated heterocycles. The van der Waals surface area contributed by atoms with Crippen molar-refractivity contribution in [1.82, 2.24) is 9.38 Å². The molecule has 3 heteroatoms. The highest BCUT2D eigenvalue weighted by atomic mass is 32.1. The summed E-state index contributed by atoms with van der Waals surface area (Å²) in [5.41, 5.74) is 5.77. The van der Waals surface area contributed by atoms with Crippen LogP contribution in [0.25, 0.3) is 48.0 Å². The summed E-state index contributed by atoms with van der Waals surface area (Å²) < 4.78 is 4.77. The maximum absolute atomic E-state index is 4.95. The molecule has 26 heavy (non-hydrogen) atoms. The average Bonchev–Trinajstić information content (AvgIpc) is 3.27. The fourth-order valence-electron chi connectivity index (χ4n) is 3.85. The van der Waals surface area contributed by atoms with Gasteiger partial charge in [-0.3, -0.25) is 4.40 Å². The SMILES string of the molecule is c1ccc(-c2cc3c(nc4ccccn43)c3sc4ccccc4c23)cc1. The van der Waals surface area contributed by atoms with Crippen molar-refractivity contribution in [2.75, 3.05) is 0 Å². The summed E-state index contributed by atoms with van der Waals surface area (Å²) in [6.45, 7) is 0. The van der Waals surface area contributed by atoms with Gasteiger partial charge in [0.2, 0.25) is 0 Å². The van der Waals surface area contributed by atoms with Gasteiger partial charge in [0.1, 0.15) is 11.2 Å². The van der Waals surface area contributed by atoms with Gasteiger partial charge in [0.15, 0.2) is 0 Å². The Labute approximate surface area is 154 Å². The Hall–Kier alpha value is -3.17. The molecule has 3 aromatic carbocycles. The van der Waals surface area contributed by atoms with E-state index in [-0.39, 0.29) is 0 Å². The largest absolute Gasteiger partial charge is 0.300 e. The van der Waals surface area contributed by atoms with Gasteiger partial charge in [-0.25, -0.2) is 4.98 Å². The summed E-state index contributed by atoms with van der Waals surface area (Å²) in [5, 5.41) is 2.62. The Morgan fingerprint density at radius 1 is 0.808 bits per heavy atom. The van der Waals surface area contributed by atoms with Crippen LogP contribution < -0.4 is 0 Å². The molecular formula is C23H14N2S. The third-order valence-corrected chi connectivity index (χ3v) is 6.19. The lowest BCUT2D eigenvalue weighted by molar-refractivity contribution is 1.23. The summed E-state index contributed by atoms with van der Waals surface area (Å²) in [6.07, 6.45) is 2.10. The first-order valence-corrected chi connectivity index (χ1v) is 9.48. The Bertz CT molecular complexity index is 1420. The summed E-state index contributed by atoms with van der Waals surface area (Å²) in [6, 6.07) is 27.8. The minimum absolute atomic E-state index is 0.992. The van der Waals surface area contributed by atoms with Gasteiger partial charge in [-0.15, -0.1) is 11.3 Å². The van der Waals surface area contributed by atoms with Crippen molar-refractivity contribution < 1.29 is 0 Å². The van der Waals surface area contributed by atoms with Crippen LogP contribution in [-0.2, 0) is 0 Å². The van der Waals surface area contributed by atoms with Crippen molar-refractivity contribution in [3.63, 3.8) is 0 Å². The second kappa shape index (κ2) is 5.16. The Balaban J connectivity index is 1.91. The van der Waals surface area contributed by atoms with E-state index in [1.54, 1.807) is 0 Å². The average molecular weight is 350 g/mol. The predicted octanol–water partition coefficient (Wildman–Crippen LogP) is 6.52. The first-order chi connectivity index (χ1) is 12.9. The maximum atomic E-state index is 4.95. The van der Waals surface area contributed by atoms with Crippen LogP contribution in [0, 0.1) is 0 Å². The van der Waals surface area contributed by atoms with Gasteiger partial charge < -0.3 is 0 Å². The van der Waals surface area contributed by atoms with E-state index in [4.69, 9.17) is 4.98 Å². The molecule has 0 aliphatic rings. The summed E-state index contributed by atoms with van der Waals surface area (Å²) >= 11 is 1.84. The third kappa shape index (κ3) is 1.83. The molecule has 0 aliphatic carbocycles. The van der Waals surface area contributed by atoms with Crippen molar-refractivity contribution in [1.29, 1.82) is 0 Å². The monoisotopic (exact) mass is 350 g/mol. The first kappa shape index (κ1) is 14.0. The van der Waals surface area contributed by atoms with Gasteiger partial charge in [0.25, 0.3) is 0 Å². The molecule has 3 aromatic heterocycles. The maximum Gasteiger partial charge on any atom is 0.137 e. The van der Waals surface area contributed by atoms with E-state index in [9.17, 15) is 0 Å². The highest BCUT2D eigenvalue weighted by Crippen LogP contribution is 2.43. The van der Waals surface area contributed by atoms with E-state index in [1.807, 2.05) is 17.4 Å². The van der Waals surface area contributed by atoms with Crippen LogP contribution >= 0.6 is 11.3 Å². The highest BCUT2D eigenvalue weighted by Gasteiger charge is 2.17. The molecule has 0 aliphatic heterocycles. The van der Waals surface area contributed by atoms with Gasteiger partial charge in [-0.05, 0) is 35.4 Å². The Morgan fingerprint density at radius 2 is 1.62 bits per heavy atom. The summed E-state index contributed by atoms with van der Waals surface area (Å²) in [4.78, 5) is 4.95. The van der Waals surface area contributed by atoms with E-state index in [0.717, 1.165) is 11.2 Å². The molecule has 0 amide bonds. The quantitative estimate of drug-likeness (QED) is 0.330. The van der Waals surface area contributed by atoms with E-state index in [1.165, 1.54) is 36.8 Å². The molecule has 6 aromatic rings. The molecule has 0 bridgehead atoms. The van der Waals surface area contributed by atoms with Crippen LogP contribution in [0.15, 0.2) is 85.1 Å². The zero-order valence-electron chi connectivity index (χ0n) is 13.9. The number of nitrogens with zero attached hydrogens (tertiary/aromatic N) is 2. The van der Waals surface area contributed by atoms with Crippen molar-refractivity contribution in [3.05, 3.63) is 85.1 Å². The van der Waals surface area contributed by atoms with E-state index >= 15 is 0 Å². The molecular weight excluding hydrogens is 336 g/mol. The lowest BCUT2D eigenvalue weighted by Crippen LogP contribution is -1.84. The second-order valence-electron chi connectivity index (χ2n) is 6.50. The van der Waals surface area contributed by atoms with Crippen LogP contribution in [0.4, 0.5) is 0 Å². The highest BCUT2D eigenvalue weighted by molar-refractivity contribution is 7.26. The van der Waals surface area contributed by atoms with Gasteiger partial charge in [0.05, 0.1) is 10.2 Å². The first-order valence-electron chi connectivity index (χ1n) is 8.66. The topological polar surface area (TPSA) is 17.3 Å². The summed E-state index contributed by atoms with van der Waals surface area (Å²) in [7, 11) is 0. The van der Waals surface area contributed by atoms with Crippen LogP contribution in [0.3, 0.4) is 0 Å². The fraction of sp³-hybridized carbons (Fsp3) is 0. The Kier molecular flexibility index (Phi) is 2.79. The van der Waals surface area contributed by atoms with Crippen molar-refractivity contribution in [3.8, 4) is 11.1 Å². The van der Waals surface area contributed by atoms with Crippen molar-refractivity contribution >= 4 is 48.2 Å². The number of imidazole rings is 1. The molecule has 0 radical (unpaired) electrons. The smallest absolute Gasteiger partial charge is 0.137 e. The lowest BCUT2D eigenvalue weighted by Gasteiger charge is -2.06. The van der Waals surface area contributed by atoms with Crippen LogP contribution in [0.5, 0.6) is 0 Å². The number of aromatic nitrogens is 2. The van der Waals surface area contributed by atoms with Gasteiger partial charge in [-0.2, -0.15) is 0 Å². The van der Waals surface area contributed by atoms with Gasteiger partial charge in [0, 0.05) is 21.7 Å². The number of hydrogen-bond donors (Lipinski definition) is 0. The van der Waals surface area contributed by atoms with Crippen LogP contribution in [-0.4, -0.2) is 9.38 Å². The van der Waals surface area contributed by atoms with Crippen LogP contribution in [0.1, 0.15) is 0 Å². The molecule has 0 fully saturated rings. The van der Waals surface area contributed by atoms with E-state index in [2.05, 4.69) is 83.4 Å². The number of benzene rings is 3. The molecule has 122 valence electrons. The number of thiophene rings is 1. The van der Waals surface area contributed by atoms with Crippen molar-refractivity contribution in [2.24, 2.45) is 0 Å². The minimum Gasteiger partial charge on any atom is -0.300 e. The Morgan fingerprint density at radius 3 is 2.54 bits per heavy atom. The molecule has 0 spiro atoms. The van der Waals surface area contributed by atoms with E-state index in [0.29, 0.717) is 0 Å². The zero-order valence-corrected chi connectivity index (χ0v) is 14.7. The van der Waals surface area contributed by atoms with Crippen molar-refractivity contribution in [2.45, 2.75) is 0 Å². The standard InChI is InChI=1S/C23H14N2S/c1-2-8-15(9-3-1)17-14-18-22(24-20-12-6-7-13-25(18)20)23-21(17)16-10-4-5-11-19(16)26-23/h1-14H. The third-order valence-electron chi connectivity index (χ3n) is 5.01. The number of fused-ring (bicyclic) bond motifs is 7. The number of hydrogen-bond acceptors (Lipinski definition) is 2. The molecule has 6 rings (SSSR count). The normalized spacial score (nSPS) is 11.8. The fourth-order valence-corrected chi connectivity index (χ4v) is 5.07. The summed E-state index contributed by atoms with van der Waals surface area (Å²) in [5.74, 6) is 0. The predicted molar refractivity (Wildman–Crippen MR) is 111 cm³/mol. The van der Waals surface area contributed by atoms with Gasteiger partial charge in [-0.1, -0.05) is 54.6 Å². The van der Waals surface area contributed by atoms with Crippen LogP contribution in [0.2, 0.25) is 0 Å². The van der Waals surface area contributed by atoms with E-state index < -0.39 is 0 Å². The minimum atomic E-state index is 0.992. The second-order valence-corrected chi connectivity index (χ2v) is 7.55. The molecule has 0 atom stereocenters. The lowest BCUT2D eigenvalue weighted by atomic mass is 9.98. The zero-order chi connectivity index (χ0) is 17.1. The van der Waals surface area contributed by atoms with Gasteiger partial charge >= 0.3 is 0 Å².